The highest BCUT2D eigenvalue weighted by molar-refractivity contribution is 7.13. The SMILES string of the molecule is Cc1csc(NC(=O)CN2CCN(C(=O)COc3ccc(F)cc3)CC2)n1. The molecular formula is C18H21FN4O3S. The van der Waals surface area contributed by atoms with E-state index in [1.54, 1.807) is 4.90 Å². The summed E-state index contributed by atoms with van der Waals surface area (Å²) in [7, 11) is 0. The maximum Gasteiger partial charge on any atom is 0.260 e. The molecule has 1 saturated heterocycles. The number of carbonyl (C=O) groups is 2. The molecular weight excluding hydrogens is 371 g/mol. The van der Waals surface area contributed by atoms with E-state index in [9.17, 15) is 14.0 Å². The van der Waals surface area contributed by atoms with E-state index in [0.717, 1.165) is 5.69 Å². The summed E-state index contributed by atoms with van der Waals surface area (Å²) in [6.07, 6.45) is 0. The molecule has 0 atom stereocenters. The molecule has 144 valence electrons. The van der Waals surface area contributed by atoms with Crippen LogP contribution in [0.2, 0.25) is 0 Å². The fourth-order valence-electron chi connectivity index (χ4n) is 2.70. The van der Waals surface area contributed by atoms with Gasteiger partial charge < -0.3 is 15.0 Å². The standard InChI is InChI=1S/C18H21FN4O3S/c1-13-12-27-18(20-13)21-16(24)10-22-6-8-23(9-7-22)17(25)11-26-15-4-2-14(19)3-5-15/h2-5,12H,6-11H2,1H3,(H,20,21,24). The number of rotatable bonds is 6. The minimum atomic E-state index is -0.348. The van der Waals surface area contributed by atoms with E-state index in [2.05, 4.69) is 10.3 Å². The second kappa shape index (κ2) is 8.92. The van der Waals surface area contributed by atoms with Crippen LogP contribution >= 0.6 is 11.3 Å². The quantitative estimate of drug-likeness (QED) is 0.811. The number of nitrogens with one attached hydrogen (secondary N) is 1. The second-order valence-electron chi connectivity index (χ2n) is 6.24. The van der Waals surface area contributed by atoms with Gasteiger partial charge in [-0.15, -0.1) is 11.3 Å². The van der Waals surface area contributed by atoms with Crippen molar-refractivity contribution >= 4 is 28.3 Å². The van der Waals surface area contributed by atoms with Crippen molar-refractivity contribution in [3.05, 3.63) is 41.2 Å². The maximum absolute atomic E-state index is 12.9. The Hall–Kier alpha value is -2.52. The van der Waals surface area contributed by atoms with E-state index < -0.39 is 0 Å². The Bertz CT molecular complexity index is 788. The van der Waals surface area contributed by atoms with Crippen molar-refractivity contribution in [1.82, 2.24) is 14.8 Å². The highest BCUT2D eigenvalue weighted by atomic mass is 32.1. The minimum Gasteiger partial charge on any atom is -0.484 e. The Morgan fingerprint density at radius 3 is 2.56 bits per heavy atom. The molecule has 1 N–H and O–H groups in total. The van der Waals surface area contributed by atoms with E-state index in [-0.39, 0.29) is 30.8 Å². The van der Waals surface area contributed by atoms with E-state index in [0.29, 0.717) is 37.1 Å². The number of halogens is 1. The fourth-order valence-corrected chi connectivity index (χ4v) is 3.40. The maximum atomic E-state index is 12.9. The van der Waals surface area contributed by atoms with Crippen molar-refractivity contribution < 1.29 is 18.7 Å². The fraction of sp³-hybridized carbons (Fsp3) is 0.389. The highest BCUT2D eigenvalue weighted by Crippen LogP contribution is 2.14. The number of nitrogens with zero attached hydrogens (tertiary/aromatic N) is 3. The van der Waals surface area contributed by atoms with Crippen LogP contribution < -0.4 is 10.1 Å². The molecule has 27 heavy (non-hydrogen) atoms. The molecule has 7 nitrogen and oxygen atoms in total. The van der Waals surface area contributed by atoms with Crippen LogP contribution in [-0.4, -0.2) is 65.9 Å². The van der Waals surface area contributed by atoms with E-state index in [1.807, 2.05) is 17.2 Å². The van der Waals surface area contributed by atoms with Gasteiger partial charge in [-0.05, 0) is 31.2 Å². The first-order valence-electron chi connectivity index (χ1n) is 8.60. The lowest BCUT2D eigenvalue weighted by molar-refractivity contribution is -0.135. The number of amides is 2. The Labute approximate surface area is 160 Å². The molecule has 0 bridgehead atoms. The first-order valence-corrected chi connectivity index (χ1v) is 9.48. The first-order chi connectivity index (χ1) is 13.0. The number of anilines is 1. The summed E-state index contributed by atoms with van der Waals surface area (Å²) in [6.45, 7) is 4.37. The molecule has 2 aromatic rings. The molecule has 1 aromatic carbocycles. The molecule has 0 radical (unpaired) electrons. The monoisotopic (exact) mass is 392 g/mol. The van der Waals surface area contributed by atoms with E-state index in [1.165, 1.54) is 35.6 Å². The summed E-state index contributed by atoms with van der Waals surface area (Å²) in [5, 5.41) is 5.27. The zero-order valence-electron chi connectivity index (χ0n) is 15.0. The molecule has 0 spiro atoms. The molecule has 3 rings (SSSR count). The van der Waals surface area contributed by atoms with E-state index >= 15 is 0 Å². The highest BCUT2D eigenvalue weighted by Gasteiger charge is 2.23. The molecule has 1 fully saturated rings. The van der Waals surface area contributed by atoms with Crippen molar-refractivity contribution in [2.75, 3.05) is 44.6 Å². The predicted molar refractivity (Wildman–Crippen MR) is 100 cm³/mol. The van der Waals surface area contributed by atoms with Gasteiger partial charge in [-0.3, -0.25) is 14.5 Å². The van der Waals surface area contributed by atoms with Crippen molar-refractivity contribution in [3.8, 4) is 5.75 Å². The third-order valence-corrected chi connectivity index (χ3v) is 5.01. The normalized spacial score (nSPS) is 14.8. The molecule has 0 aliphatic carbocycles. The Balaban J connectivity index is 1.38. The summed E-state index contributed by atoms with van der Waals surface area (Å²) in [5.74, 6) is -0.123. The second-order valence-corrected chi connectivity index (χ2v) is 7.10. The predicted octanol–water partition coefficient (Wildman–Crippen LogP) is 1.75. The van der Waals surface area contributed by atoms with Crippen LogP contribution in [0.5, 0.6) is 5.75 Å². The summed E-state index contributed by atoms with van der Waals surface area (Å²) in [4.78, 5) is 32.2. The molecule has 9 heteroatoms. The molecule has 0 saturated carbocycles. The third-order valence-electron chi connectivity index (χ3n) is 4.13. The topological polar surface area (TPSA) is 74.8 Å². The molecule has 0 unspecified atom stereocenters. The van der Waals surface area contributed by atoms with Gasteiger partial charge in [0.05, 0.1) is 12.2 Å². The van der Waals surface area contributed by atoms with Gasteiger partial charge in [-0.2, -0.15) is 0 Å². The lowest BCUT2D eigenvalue weighted by atomic mass is 10.3. The van der Waals surface area contributed by atoms with Crippen LogP contribution in [0.25, 0.3) is 0 Å². The average molecular weight is 392 g/mol. The minimum absolute atomic E-state index is 0.0878. The summed E-state index contributed by atoms with van der Waals surface area (Å²) < 4.78 is 18.3. The molecule has 1 aromatic heterocycles. The lowest BCUT2D eigenvalue weighted by Gasteiger charge is -2.34. The molecule has 2 amide bonds. The van der Waals surface area contributed by atoms with Crippen LogP contribution in [0.3, 0.4) is 0 Å². The van der Waals surface area contributed by atoms with Gasteiger partial charge in [0.25, 0.3) is 5.91 Å². The summed E-state index contributed by atoms with van der Waals surface area (Å²) in [6, 6.07) is 5.56. The first kappa shape index (κ1) is 19.2. The largest absolute Gasteiger partial charge is 0.484 e. The lowest BCUT2D eigenvalue weighted by Crippen LogP contribution is -2.51. The van der Waals surface area contributed by atoms with Crippen molar-refractivity contribution in [2.45, 2.75) is 6.92 Å². The zero-order valence-corrected chi connectivity index (χ0v) is 15.8. The van der Waals surface area contributed by atoms with Gasteiger partial charge in [0.15, 0.2) is 11.7 Å². The Kier molecular flexibility index (Phi) is 6.36. The number of aryl methyl sites for hydroxylation is 1. The van der Waals surface area contributed by atoms with Crippen LogP contribution in [0.1, 0.15) is 5.69 Å². The van der Waals surface area contributed by atoms with Gasteiger partial charge >= 0.3 is 0 Å². The van der Waals surface area contributed by atoms with Gasteiger partial charge in [0.1, 0.15) is 11.6 Å². The van der Waals surface area contributed by atoms with Crippen LogP contribution in [0.4, 0.5) is 9.52 Å². The van der Waals surface area contributed by atoms with Crippen LogP contribution in [0, 0.1) is 12.7 Å². The van der Waals surface area contributed by atoms with Gasteiger partial charge in [0.2, 0.25) is 5.91 Å². The number of piperazine rings is 1. The number of thiazole rings is 1. The Morgan fingerprint density at radius 1 is 1.22 bits per heavy atom. The smallest absolute Gasteiger partial charge is 0.260 e. The third kappa shape index (κ3) is 5.73. The van der Waals surface area contributed by atoms with Crippen molar-refractivity contribution in [2.24, 2.45) is 0 Å². The van der Waals surface area contributed by atoms with Crippen molar-refractivity contribution in [3.63, 3.8) is 0 Å². The average Bonchev–Trinajstić information content (AvgIpc) is 3.06. The number of hydrogen-bond acceptors (Lipinski definition) is 6. The van der Waals surface area contributed by atoms with Crippen molar-refractivity contribution in [1.29, 1.82) is 0 Å². The van der Waals surface area contributed by atoms with Crippen LogP contribution in [0.15, 0.2) is 29.6 Å². The molecule has 2 heterocycles. The van der Waals surface area contributed by atoms with Gasteiger partial charge in [-0.25, -0.2) is 9.37 Å². The zero-order chi connectivity index (χ0) is 19.2. The Morgan fingerprint density at radius 2 is 1.93 bits per heavy atom. The van der Waals surface area contributed by atoms with Gasteiger partial charge in [0, 0.05) is 31.6 Å². The summed E-state index contributed by atoms with van der Waals surface area (Å²) >= 11 is 1.40. The number of aromatic nitrogens is 1. The number of benzene rings is 1. The molecule has 1 aliphatic heterocycles. The summed E-state index contributed by atoms with van der Waals surface area (Å²) in [5.41, 5.74) is 0.880. The number of carbonyl (C=O) groups excluding carboxylic acids is 2. The van der Waals surface area contributed by atoms with Crippen LogP contribution in [-0.2, 0) is 9.59 Å². The van der Waals surface area contributed by atoms with Gasteiger partial charge in [-0.1, -0.05) is 0 Å². The number of hydrogen-bond donors (Lipinski definition) is 1. The molecule has 1 aliphatic rings. The number of ether oxygens (including phenoxy) is 1. The van der Waals surface area contributed by atoms with E-state index in [4.69, 9.17) is 4.74 Å².